The van der Waals surface area contributed by atoms with E-state index < -0.39 is 11.9 Å². The first-order valence-corrected chi connectivity index (χ1v) is 14.7. The highest BCUT2D eigenvalue weighted by molar-refractivity contribution is 7.79. The molecule has 5 N–H and O–H groups in total. The number of hydrogen-bond acceptors (Lipinski definition) is 13. The third kappa shape index (κ3) is 9.03. The molecule has 0 unspecified atom stereocenters. The fourth-order valence-corrected chi connectivity index (χ4v) is 5.80. The number of nitrogens with two attached hydrogens (primary N) is 1. The van der Waals surface area contributed by atoms with Crippen LogP contribution >= 0.6 is 60.3 Å². The number of ether oxygens (including phenoxy) is 2. The molecule has 17 heteroatoms. The summed E-state index contributed by atoms with van der Waals surface area (Å²) in [6.45, 7) is 9.07. The first kappa shape index (κ1) is 36.1. The molecule has 0 amide bonds. The fourth-order valence-electron chi connectivity index (χ4n) is 3.31. The molecule has 0 saturated heterocycles. The van der Waals surface area contributed by atoms with Crippen molar-refractivity contribution in [1.29, 1.82) is 5.41 Å². The van der Waals surface area contributed by atoms with Gasteiger partial charge in [0.05, 0.1) is 29.8 Å². The normalized spacial score (nSPS) is 10.1. The molecule has 0 aliphatic heterocycles. The highest BCUT2D eigenvalue weighted by Gasteiger charge is 2.21. The van der Waals surface area contributed by atoms with Gasteiger partial charge in [-0.25, -0.2) is 19.6 Å². The van der Waals surface area contributed by atoms with E-state index >= 15 is 0 Å². The molecule has 0 aromatic carbocycles. The monoisotopic (exact) mass is 662 g/mol. The van der Waals surface area contributed by atoms with E-state index in [-0.39, 0.29) is 29.4 Å². The third-order valence-electron chi connectivity index (χ3n) is 4.92. The van der Waals surface area contributed by atoms with Crippen LogP contribution in [0.2, 0.25) is 0 Å². The highest BCUT2D eigenvalue weighted by Crippen LogP contribution is 2.28. The molecule has 4 heterocycles. The van der Waals surface area contributed by atoms with Crippen molar-refractivity contribution in [1.82, 2.24) is 19.9 Å². The number of thiol groups is 2. The first-order chi connectivity index (χ1) is 18.9. The summed E-state index contributed by atoms with van der Waals surface area (Å²) in [7, 11) is 0. The number of hydrogen-bond donors (Lipinski definition) is 6. The Morgan fingerprint density at radius 1 is 0.854 bits per heavy atom. The number of carbonyl (C=O) groups is 2. The number of rotatable bonds is 6. The number of thiophene rings is 2. The molecule has 12 nitrogen and oxygen atoms in total. The Kier molecular flexibility index (Phi) is 14.5. The zero-order chi connectivity index (χ0) is 30.1. The molecule has 224 valence electrons. The van der Waals surface area contributed by atoms with E-state index in [0.717, 1.165) is 0 Å². The molecule has 0 radical (unpaired) electrons. The molecular weight excluding hydrogens is 632 g/mol. The van der Waals surface area contributed by atoms with E-state index in [0.29, 0.717) is 77.7 Å². The van der Waals surface area contributed by atoms with Gasteiger partial charge in [-0.05, 0) is 45.7 Å². The van der Waals surface area contributed by atoms with Crippen LogP contribution in [0.3, 0.4) is 0 Å². The van der Waals surface area contributed by atoms with Gasteiger partial charge in [-0.3, -0.25) is 15.0 Å². The van der Waals surface area contributed by atoms with Gasteiger partial charge in [-0.1, -0.05) is 0 Å². The van der Waals surface area contributed by atoms with Crippen LogP contribution in [0.1, 0.15) is 62.9 Å². The highest BCUT2D eigenvalue weighted by atomic mass is 35.5. The second-order valence-corrected chi connectivity index (χ2v) is 10.6. The molecule has 4 rings (SSSR count). The lowest BCUT2D eigenvalue weighted by Gasteiger charge is -1.98. The lowest BCUT2D eigenvalue weighted by atomic mass is 10.2. The molecule has 4 aromatic rings. The van der Waals surface area contributed by atoms with Crippen LogP contribution < -0.4 is 16.9 Å². The molecular formula is C24H31ClN6O6S4. The number of halogens is 1. The van der Waals surface area contributed by atoms with E-state index in [4.69, 9.17) is 20.6 Å². The second-order valence-electron chi connectivity index (χ2n) is 7.94. The number of aryl methyl sites for hydroxylation is 2. The van der Waals surface area contributed by atoms with Crippen molar-refractivity contribution in [3.8, 4) is 0 Å². The number of nitrogens with zero attached hydrogens (tertiary/aromatic N) is 2. The Morgan fingerprint density at radius 2 is 1.17 bits per heavy atom. The fraction of sp³-hybridized carbons (Fsp3) is 0.375. The molecule has 0 bridgehead atoms. The van der Waals surface area contributed by atoms with Crippen LogP contribution in [0.15, 0.2) is 9.59 Å². The van der Waals surface area contributed by atoms with E-state index in [1.165, 1.54) is 29.6 Å². The van der Waals surface area contributed by atoms with Crippen molar-refractivity contribution < 1.29 is 19.1 Å². The minimum absolute atomic E-state index is 0. The van der Waals surface area contributed by atoms with Crippen LogP contribution in [-0.4, -0.2) is 50.9 Å². The molecule has 0 atom stereocenters. The Bertz CT molecular complexity index is 1540. The maximum atomic E-state index is 11.9. The van der Waals surface area contributed by atoms with Gasteiger partial charge in [-0.15, -0.1) is 35.1 Å². The van der Waals surface area contributed by atoms with Crippen LogP contribution in [0.25, 0.3) is 20.4 Å². The summed E-state index contributed by atoms with van der Waals surface area (Å²) in [6, 6.07) is 0. The Balaban J connectivity index is 0.000000355. The summed E-state index contributed by atoms with van der Waals surface area (Å²) in [6.07, 6.45) is 0. The van der Waals surface area contributed by atoms with Crippen LogP contribution in [0, 0.1) is 19.3 Å². The average Bonchev–Trinajstić information content (AvgIpc) is 3.41. The largest absolute Gasteiger partial charge is 0.462 e. The van der Waals surface area contributed by atoms with Gasteiger partial charge in [0.15, 0.2) is 0 Å². The van der Waals surface area contributed by atoms with Crippen molar-refractivity contribution in [3.05, 3.63) is 53.2 Å². The van der Waals surface area contributed by atoms with Gasteiger partial charge in [0.1, 0.15) is 31.1 Å². The lowest BCUT2D eigenvalue weighted by Crippen LogP contribution is -2.11. The smallest absolute Gasteiger partial charge is 0.348 e. The predicted octanol–water partition coefficient (Wildman–Crippen LogP) is 4.16. The van der Waals surface area contributed by atoms with E-state index in [1.54, 1.807) is 27.7 Å². The standard InChI is InChI=1S/2C11H12N2O3S2.C2H6N2.ClH/c2*1-3-16-11(15)8-5(2)7-9(14)12-6(4-17)13-10(7)18-8;1-2(3)4;/h2*17H,3-4H2,1-2H3,(H,12,13,14);1H3,(H3,3,4);1H. The Labute approximate surface area is 260 Å². The minimum Gasteiger partial charge on any atom is -0.462 e. The van der Waals surface area contributed by atoms with E-state index in [1.807, 2.05) is 0 Å². The van der Waals surface area contributed by atoms with Gasteiger partial charge in [-0.2, -0.15) is 25.3 Å². The van der Waals surface area contributed by atoms with Crippen molar-refractivity contribution in [2.24, 2.45) is 5.73 Å². The van der Waals surface area contributed by atoms with Gasteiger partial charge in [0.25, 0.3) is 11.1 Å². The Hall–Kier alpha value is -2.92. The molecule has 0 fully saturated rings. The number of esters is 2. The van der Waals surface area contributed by atoms with Crippen molar-refractivity contribution in [3.63, 3.8) is 0 Å². The molecule has 41 heavy (non-hydrogen) atoms. The van der Waals surface area contributed by atoms with E-state index in [2.05, 4.69) is 45.2 Å². The summed E-state index contributed by atoms with van der Waals surface area (Å²) in [5.41, 5.74) is 5.45. The first-order valence-electron chi connectivity index (χ1n) is 11.8. The average molecular weight is 663 g/mol. The molecule has 4 aromatic heterocycles. The van der Waals surface area contributed by atoms with Gasteiger partial charge < -0.3 is 25.2 Å². The molecule has 0 spiro atoms. The number of nitrogens with one attached hydrogen (secondary N) is 3. The van der Waals surface area contributed by atoms with Gasteiger partial charge in [0.2, 0.25) is 0 Å². The number of amidine groups is 1. The number of aromatic nitrogens is 4. The lowest BCUT2D eigenvalue weighted by molar-refractivity contribution is 0.0521. The molecule has 0 aliphatic carbocycles. The summed E-state index contributed by atoms with van der Waals surface area (Å²) in [5, 5.41) is 7.18. The Morgan fingerprint density at radius 3 is 1.44 bits per heavy atom. The summed E-state index contributed by atoms with van der Waals surface area (Å²) in [5.74, 6) is 1.02. The molecule has 0 aliphatic rings. The van der Waals surface area contributed by atoms with E-state index in [9.17, 15) is 19.2 Å². The molecule has 0 saturated carbocycles. The summed E-state index contributed by atoms with van der Waals surface area (Å²) >= 11 is 10.5. The zero-order valence-electron chi connectivity index (χ0n) is 22.9. The summed E-state index contributed by atoms with van der Waals surface area (Å²) < 4.78 is 9.90. The minimum atomic E-state index is -0.412. The van der Waals surface area contributed by atoms with Crippen LogP contribution in [0.4, 0.5) is 0 Å². The number of fused-ring (bicyclic) bond motifs is 2. The second kappa shape index (κ2) is 16.5. The van der Waals surface area contributed by atoms with Crippen molar-refractivity contribution >= 4 is 98.5 Å². The topological polar surface area (TPSA) is 194 Å². The van der Waals surface area contributed by atoms with Gasteiger partial charge >= 0.3 is 11.9 Å². The predicted molar refractivity (Wildman–Crippen MR) is 172 cm³/mol. The SMILES string of the molecule is CC(=N)N.CCOC(=O)c1sc2nc(CS)[nH]c(=O)c2c1C.CCOC(=O)c1sc2nc(CS)[nH]c(=O)c2c1C.Cl. The number of H-pyrrole nitrogens is 2. The number of aromatic amines is 2. The maximum absolute atomic E-state index is 11.9. The van der Waals surface area contributed by atoms with Crippen molar-refractivity contribution in [2.45, 2.75) is 46.1 Å². The quantitative estimate of drug-likeness (QED) is 0.0760. The zero-order valence-corrected chi connectivity index (χ0v) is 27.1. The van der Waals surface area contributed by atoms with Crippen molar-refractivity contribution in [2.75, 3.05) is 13.2 Å². The van der Waals surface area contributed by atoms with Crippen LogP contribution in [-0.2, 0) is 21.0 Å². The maximum Gasteiger partial charge on any atom is 0.348 e. The van der Waals surface area contributed by atoms with Crippen LogP contribution in [0.5, 0.6) is 0 Å². The number of carbonyl (C=O) groups excluding carboxylic acids is 2. The third-order valence-corrected chi connectivity index (χ3v) is 7.85. The summed E-state index contributed by atoms with van der Waals surface area (Å²) in [4.78, 5) is 63.0. The van der Waals surface area contributed by atoms with Gasteiger partial charge in [0, 0.05) is 11.5 Å².